The van der Waals surface area contributed by atoms with Gasteiger partial charge in [0.1, 0.15) is 0 Å². The van der Waals surface area contributed by atoms with Crippen LogP contribution in [0.5, 0.6) is 0 Å². The molecule has 0 saturated carbocycles. The van der Waals surface area contributed by atoms with Crippen LogP contribution in [0.15, 0.2) is 42.9 Å². The fourth-order valence-corrected chi connectivity index (χ4v) is 4.56. The number of hydrogen-bond acceptors (Lipinski definition) is 5. The van der Waals surface area contributed by atoms with Crippen molar-refractivity contribution in [1.82, 2.24) is 19.7 Å². The Hall–Kier alpha value is -3.48. The Bertz CT molecular complexity index is 1300. The monoisotopic (exact) mass is 428 g/mol. The van der Waals surface area contributed by atoms with E-state index < -0.39 is 0 Å². The molecule has 1 saturated heterocycles. The number of aromatic nitrogens is 4. The molecule has 164 valence electrons. The van der Waals surface area contributed by atoms with Crippen molar-refractivity contribution >= 4 is 39.1 Å². The number of amides is 1. The van der Waals surface area contributed by atoms with Crippen molar-refractivity contribution < 1.29 is 4.79 Å². The number of nitrogens with one attached hydrogen (secondary N) is 1. The molecule has 1 fully saturated rings. The van der Waals surface area contributed by atoms with Crippen molar-refractivity contribution in [2.75, 3.05) is 23.3 Å². The molecule has 7 heteroatoms. The predicted octanol–water partition coefficient (Wildman–Crippen LogP) is 5.11. The van der Waals surface area contributed by atoms with E-state index in [9.17, 15) is 4.79 Å². The lowest BCUT2D eigenvalue weighted by molar-refractivity contribution is 0.102. The number of fused-ring (bicyclic) bond motifs is 2. The zero-order valence-corrected chi connectivity index (χ0v) is 18.8. The van der Waals surface area contributed by atoms with E-state index in [1.807, 2.05) is 42.2 Å². The Kier molecular flexibility index (Phi) is 5.25. The number of anilines is 2. The lowest BCUT2D eigenvalue weighted by Crippen LogP contribution is -2.29. The lowest BCUT2D eigenvalue weighted by atomic mass is 10.0. The van der Waals surface area contributed by atoms with Crippen LogP contribution in [0.4, 0.5) is 11.4 Å². The molecule has 0 atom stereocenters. The molecule has 5 rings (SSSR count). The number of nitrogens with zero attached hydrogens (tertiary/aromatic N) is 5. The summed E-state index contributed by atoms with van der Waals surface area (Å²) in [4.78, 5) is 24.7. The summed E-state index contributed by atoms with van der Waals surface area (Å²) in [5.74, 6) is -0.176. The van der Waals surface area contributed by atoms with E-state index in [0.29, 0.717) is 11.3 Å². The largest absolute Gasteiger partial charge is 0.371 e. The van der Waals surface area contributed by atoms with E-state index in [1.54, 1.807) is 6.20 Å². The van der Waals surface area contributed by atoms with Gasteiger partial charge < -0.3 is 10.2 Å². The summed E-state index contributed by atoms with van der Waals surface area (Å²) in [7, 11) is 0. The second-order valence-corrected chi connectivity index (χ2v) is 8.77. The average molecular weight is 429 g/mol. The Labute approximate surface area is 187 Å². The van der Waals surface area contributed by atoms with Gasteiger partial charge in [-0.25, -0.2) is 9.67 Å². The second-order valence-electron chi connectivity index (χ2n) is 8.77. The molecule has 1 aliphatic heterocycles. The van der Waals surface area contributed by atoms with Gasteiger partial charge in [-0.2, -0.15) is 5.10 Å². The van der Waals surface area contributed by atoms with Gasteiger partial charge in [-0.1, -0.05) is 0 Å². The maximum Gasteiger partial charge on any atom is 0.257 e. The minimum absolute atomic E-state index is 0.176. The zero-order valence-electron chi connectivity index (χ0n) is 18.8. The van der Waals surface area contributed by atoms with E-state index in [2.05, 4.69) is 45.2 Å². The molecule has 1 aromatic carbocycles. The minimum Gasteiger partial charge on any atom is -0.371 e. The van der Waals surface area contributed by atoms with Gasteiger partial charge in [-0.05, 0) is 64.3 Å². The average Bonchev–Trinajstić information content (AvgIpc) is 3.22. The normalized spacial score (nSPS) is 14.4. The van der Waals surface area contributed by atoms with Crippen molar-refractivity contribution in [2.24, 2.45) is 0 Å². The second kappa shape index (κ2) is 8.22. The third-order valence-corrected chi connectivity index (χ3v) is 6.23. The number of rotatable bonds is 4. The summed E-state index contributed by atoms with van der Waals surface area (Å²) in [6, 6.07) is 8.22. The lowest BCUT2D eigenvalue weighted by Gasteiger charge is -2.30. The third kappa shape index (κ3) is 3.57. The number of benzene rings is 1. The van der Waals surface area contributed by atoms with Gasteiger partial charge >= 0.3 is 0 Å². The Morgan fingerprint density at radius 1 is 1.06 bits per heavy atom. The molecule has 32 heavy (non-hydrogen) atoms. The van der Waals surface area contributed by atoms with Crippen molar-refractivity contribution in [3.63, 3.8) is 0 Å². The van der Waals surface area contributed by atoms with Gasteiger partial charge in [0, 0.05) is 53.4 Å². The molecule has 1 N–H and O–H groups in total. The maximum absolute atomic E-state index is 13.2. The van der Waals surface area contributed by atoms with Gasteiger partial charge in [-0.3, -0.25) is 9.78 Å². The van der Waals surface area contributed by atoms with Crippen LogP contribution in [-0.4, -0.2) is 38.7 Å². The quantitative estimate of drug-likeness (QED) is 0.489. The van der Waals surface area contributed by atoms with Gasteiger partial charge in [0.05, 0.1) is 23.1 Å². The highest BCUT2D eigenvalue weighted by molar-refractivity contribution is 6.12. The van der Waals surface area contributed by atoms with Crippen molar-refractivity contribution in [3.8, 4) is 0 Å². The maximum atomic E-state index is 13.2. The summed E-state index contributed by atoms with van der Waals surface area (Å²) >= 11 is 0. The van der Waals surface area contributed by atoms with Crippen LogP contribution in [0.3, 0.4) is 0 Å². The topological polar surface area (TPSA) is 75.9 Å². The standard InChI is InChI=1S/C25H28N6O/c1-16(2)31-24-18(14-27-31)13-20(17(3)28-24)25(32)29-22-7-8-23(30-11-5-4-6-12-30)19-9-10-26-15-21(19)22/h7-10,13-16H,4-6,11-12H2,1-3H3,(H,29,32). The van der Waals surface area contributed by atoms with E-state index >= 15 is 0 Å². The number of carbonyl (C=O) groups excluding carboxylic acids is 1. The molecule has 0 spiro atoms. The Balaban J connectivity index is 1.49. The number of hydrogen-bond donors (Lipinski definition) is 1. The molecule has 0 bridgehead atoms. The van der Waals surface area contributed by atoms with Crippen molar-refractivity contribution in [1.29, 1.82) is 0 Å². The highest BCUT2D eigenvalue weighted by Gasteiger charge is 2.19. The van der Waals surface area contributed by atoms with Gasteiger partial charge in [-0.15, -0.1) is 0 Å². The molecular formula is C25H28N6O. The summed E-state index contributed by atoms with van der Waals surface area (Å²) in [5, 5.41) is 10.5. The summed E-state index contributed by atoms with van der Waals surface area (Å²) in [5.41, 5.74) is 4.01. The molecule has 4 aromatic rings. The number of pyridine rings is 2. The predicted molar refractivity (Wildman–Crippen MR) is 128 cm³/mol. The van der Waals surface area contributed by atoms with Crippen LogP contribution in [0.2, 0.25) is 0 Å². The first-order valence-electron chi connectivity index (χ1n) is 11.3. The number of carbonyl (C=O) groups is 1. The highest BCUT2D eigenvalue weighted by Crippen LogP contribution is 2.33. The van der Waals surface area contributed by atoms with E-state index in [4.69, 9.17) is 0 Å². The first-order chi connectivity index (χ1) is 15.5. The van der Waals surface area contributed by atoms with E-state index in [-0.39, 0.29) is 11.9 Å². The summed E-state index contributed by atoms with van der Waals surface area (Å²) in [6.45, 7) is 8.13. The fourth-order valence-electron chi connectivity index (χ4n) is 4.56. The van der Waals surface area contributed by atoms with Crippen LogP contribution in [-0.2, 0) is 0 Å². The summed E-state index contributed by atoms with van der Waals surface area (Å²) < 4.78 is 1.88. The SMILES string of the molecule is Cc1nc2c(cnn2C(C)C)cc1C(=O)Nc1ccc(N2CCCCC2)c2ccncc12. The molecule has 1 amide bonds. The van der Waals surface area contributed by atoms with Gasteiger partial charge in [0.15, 0.2) is 5.65 Å². The van der Waals surface area contributed by atoms with E-state index in [1.165, 1.54) is 24.9 Å². The van der Waals surface area contributed by atoms with Crippen LogP contribution in [0.25, 0.3) is 21.8 Å². The molecule has 4 heterocycles. The van der Waals surface area contributed by atoms with Gasteiger partial charge in [0.2, 0.25) is 0 Å². The number of piperidine rings is 1. The van der Waals surface area contributed by atoms with Crippen LogP contribution in [0.1, 0.15) is 55.2 Å². The number of aryl methyl sites for hydroxylation is 1. The van der Waals surface area contributed by atoms with Crippen molar-refractivity contribution in [2.45, 2.75) is 46.1 Å². The minimum atomic E-state index is -0.176. The fraction of sp³-hybridized carbons (Fsp3) is 0.360. The van der Waals surface area contributed by atoms with Crippen molar-refractivity contribution in [3.05, 3.63) is 54.1 Å². The van der Waals surface area contributed by atoms with Crippen LogP contribution >= 0.6 is 0 Å². The molecule has 0 radical (unpaired) electrons. The molecule has 0 aliphatic carbocycles. The smallest absolute Gasteiger partial charge is 0.257 e. The highest BCUT2D eigenvalue weighted by atomic mass is 16.1. The van der Waals surface area contributed by atoms with Gasteiger partial charge in [0.25, 0.3) is 5.91 Å². The van der Waals surface area contributed by atoms with E-state index in [0.717, 1.165) is 40.6 Å². The Morgan fingerprint density at radius 3 is 2.66 bits per heavy atom. The first-order valence-corrected chi connectivity index (χ1v) is 11.3. The molecule has 1 aliphatic rings. The molecule has 7 nitrogen and oxygen atoms in total. The summed E-state index contributed by atoms with van der Waals surface area (Å²) in [6.07, 6.45) is 9.14. The Morgan fingerprint density at radius 2 is 1.88 bits per heavy atom. The first kappa shape index (κ1) is 20.4. The molecule has 0 unspecified atom stereocenters. The zero-order chi connectivity index (χ0) is 22.2. The molecular weight excluding hydrogens is 400 g/mol. The third-order valence-electron chi connectivity index (χ3n) is 6.23. The van der Waals surface area contributed by atoms with Crippen LogP contribution < -0.4 is 10.2 Å². The van der Waals surface area contributed by atoms with Crippen LogP contribution in [0, 0.1) is 6.92 Å². The molecule has 3 aromatic heterocycles.